The summed E-state index contributed by atoms with van der Waals surface area (Å²) in [6, 6.07) is 0. The van der Waals surface area contributed by atoms with Gasteiger partial charge in [-0.2, -0.15) is 0 Å². The SMILES string of the molecule is CCCCCC(C)C(=O)O.[BH4-].[H-].[Na+]. The number of rotatable bonds is 5. The molecule has 0 aliphatic carbocycles. The molecule has 0 aromatic rings. The minimum atomic E-state index is -0.670. The normalized spacial score (nSPS) is 10.8. The molecule has 0 amide bonds. The number of hydrogen-bond acceptors (Lipinski definition) is 1. The Bertz CT molecular complexity index is 114. The fraction of sp³-hybridized carbons (Fsp3) is 0.875. The van der Waals surface area contributed by atoms with Crippen LogP contribution in [0.25, 0.3) is 0 Å². The topological polar surface area (TPSA) is 37.3 Å². The second kappa shape index (κ2) is 11.5. The summed E-state index contributed by atoms with van der Waals surface area (Å²) in [7, 11) is 0. The molecule has 12 heavy (non-hydrogen) atoms. The third-order valence-corrected chi connectivity index (χ3v) is 1.66. The Morgan fingerprint density at radius 1 is 1.50 bits per heavy atom. The van der Waals surface area contributed by atoms with E-state index in [-0.39, 0.29) is 45.3 Å². The summed E-state index contributed by atoms with van der Waals surface area (Å²) in [6.07, 6.45) is 4.18. The van der Waals surface area contributed by atoms with Crippen LogP contribution in [0.2, 0.25) is 0 Å². The third-order valence-electron chi connectivity index (χ3n) is 1.66. The fourth-order valence-corrected chi connectivity index (χ4v) is 0.824. The summed E-state index contributed by atoms with van der Waals surface area (Å²) in [5.41, 5.74) is 0. The predicted molar refractivity (Wildman–Crippen MR) is 53.4 cm³/mol. The van der Waals surface area contributed by atoms with Gasteiger partial charge in [-0.05, 0) is 6.42 Å². The van der Waals surface area contributed by atoms with E-state index in [2.05, 4.69) is 6.92 Å². The number of carboxylic acid groups (broad SMARTS) is 1. The third kappa shape index (κ3) is 10.5. The van der Waals surface area contributed by atoms with Crippen LogP contribution < -0.4 is 29.6 Å². The van der Waals surface area contributed by atoms with Gasteiger partial charge in [0.05, 0.1) is 5.92 Å². The zero-order valence-electron chi connectivity index (χ0n) is 8.76. The average Bonchev–Trinajstić information content (AvgIpc) is 1.88. The molecule has 0 heterocycles. The van der Waals surface area contributed by atoms with E-state index in [1.807, 2.05) is 0 Å². The molecule has 1 unspecified atom stereocenters. The standard InChI is InChI=1S/C8H16O2.BH4.Na.H/c1-3-4-5-6-7(2)8(9)10;;;/h7H,3-6H2,1-2H3,(H,9,10);1H4;;/q;-1;+1;-1. The van der Waals surface area contributed by atoms with E-state index < -0.39 is 5.97 Å². The fourth-order valence-electron chi connectivity index (χ4n) is 0.824. The first-order chi connectivity index (χ1) is 4.68. The zero-order valence-corrected chi connectivity index (χ0v) is 9.76. The molecule has 0 aromatic carbocycles. The molecular formula is C8H21BNaO2-. The second-order valence-corrected chi connectivity index (χ2v) is 2.74. The van der Waals surface area contributed by atoms with Crippen molar-refractivity contribution >= 4 is 14.4 Å². The summed E-state index contributed by atoms with van der Waals surface area (Å²) >= 11 is 0. The van der Waals surface area contributed by atoms with Crippen molar-refractivity contribution in [3.8, 4) is 0 Å². The van der Waals surface area contributed by atoms with Gasteiger partial charge in [0.15, 0.2) is 0 Å². The maximum absolute atomic E-state index is 10.3. The van der Waals surface area contributed by atoms with E-state index >= 15 is 0 Å². The molecule has 0 aliphatic heterocycles. The van der Waals surface area contributed by atoms with Gasteiger partial charge >= 0.3 is 35.5 Å². The van der Waals surface area contributed by atoms with Crippen molar-refractivity contribution in [1.82, 2.24) is 0 Å². The van der Waals surface area contributed by atoms with Gasteiger partial charge in [-0.3, -0.25) is 4.79 Å². The van der Waals surface area contributed by atoms with Gasteiger partial charge in [0, 0.05) is 0 Å². The molecule has 0 aromatic heterocycles. The van der Waals surface area contributed by atoms with Gasteiger partial charge in [-0.15, -0.1) is 0 Å². The van der Waals surface area contributed by atoms with E-state index in [0.29, 0.717) is 0 Å². The number of unbranched alkanes of at least 4 members (excludes halogenated alkanes) is 2. The Balaban J connectivity index is -0.000000135. The van der Waals surface area contributed by atoms with Crippen molar-refractivity contribution in [2.45, 2.75) is 39.5 Å². The van der Waals surface area contributed by atoms with Gasteiger partial charge in [0.25, 0.3) is 0 Å². The van der Waals surface area contributed by atoms with Crippen molar-refractivity contribution in [3.63, 3.8) is 0 Å². The van der Waals surface area contributed by atoms with Crippen LogP contribution in [0.15, 0.2) is 0 Å². The van der Waals surface area contributed by atoms with E-state index in [1.54, 1.807) is 6.92 Å². The van der Waals surface area contributed by atoms with Crippen LogP contribution in [-0.2, 0) is 4.79 Å². The van der Waals surface area contributed by atoms with Crippen LogP contribution in [0.3, 0.4) is 0 Å². The molecule has 4 heteroatoms. The first-order valence-corrected chi connectivity index (χ1v) is 3.91. The van der Waals surface area contributed by atoms with Gasteiger partial charge < -0.3 is 6.53 Å². The summed E-state index contributed by atoms with van der Waals surface area (Å²) < 4.78 is 0. The Labute approximate surface area is 100 Å². The molecule has 0 radical (unpaired) electrons. The minimum Gasteiger partial charge on any atom is -1.00 e. The average molecular weight is 183 g/mol. The minimum absolute atomic E-state index is 0. The molecule has 1 N–H and O–H groups in total. The summed E-state index contributed by atoms with van der Waals surface area (Å²) in [5.74, 6) is -0.831. The van der Waals surface area contributed by atoms with Gasteiger partial charge in [0.2, 0.25) is 0 Å². The molecule has 70 valence electrons. The molecular weight excluding hydrogens is 162 g/mol. The number of aliphatic carboxylic acids is 1. The van der Waals surface area contributed by atoms with Crippen LogP contribution in [0, 0.1) is 5.92 Å². The molecule has 0 spiro atoms. The largest absolute Gasteiger partial charge is 1.00 e. The predicted octanol–water partition coefficient (Wildman–Crippen LogP) is -2.05. The van der Waals surface area contributed by atoms with Gasteiger partial charge in [-0.25, -0.2) is 0 Å². The van der Waals surface area contributed by atoms with E-state index in [0.717, 1.165) is 25.7 Å². The smallest absolute Gasteiger partial charge is 1.00 e. The van der Waals surface area contributed by atoms with E-state index in [9.17, 15) is 4.79 Å². The molecule has 0 fully saturated rings. The Kier molecular flexibility index (Phi) is 17.6. The Hall–Kier alpha value is 0.535. The number of carbonyl (C=O) groups is 1. The Morgan fingerprint density at radius 2 is 2.00 bits per heavy atom. The zero-order chi connectivity index (χ0) is 7.98. The summed E-state index contributed by atoms with van der Waals surface area (Å²) in [6.45, 7) is 3.88. The molecule has 0 rings (SSSR count). The molecule has 0 bridgehead atoms. The maximum atomic E-state index is 10.3. The first kappa shape index (κ1) is 18.3. The van der Waals surface area contributed by atoms with E-state index in [1.165, 1.54) is 0 Å². The monoisotopic (exact) mass is 183 g/mol. The van der Waals surface area contributed by atoms with Crippen molar-refractivity contribution in [1.29, 1.82) is 0 Å². The number of carboxylic acids is 1. The molecule has 0 saturated heterocycles. The van der Waals surface area contributed by atoms with Crippen LogP contribution in [0.5, 0.6) is 0 Å². The number of hydrogen-bond donors (Lipinski definition) is 1. The van der Waals surface area contributed by atoms with Crippen LogP contribution in [0.1, 0.15) is 41.0 Å². The van der Waals surface area contributed by atoms with Crippen molar-refractivity contribution in [2.24, 2.45) is 5.92 Å². The molecule has 1 atom stereocenters. The summed E-state index contributed by atoms with van der Waals surface area (Å²) in [5, 5.41) is 8.48. The van der Waals surface area contributed by atoms with Gasteiger partial charge in [-0.1, -0.05) is 41.5 Å². The van der Waals surface area contributed by atoms with Crippen LogP contribution in [0.4, 0.5) is 0 Å². The molecule has 2 nitrogen and oxygen atoms in total. The molecule has 0 saturated carbocycles. The quantitative estimate of drug-likeness (QED) is 0.393. The summed E-state index contributed by atoms with van der Waals surface area (Å²) in [4.78, 5) is 10.3. The van der Waals surface area contributed by atoms with Crippen molar-refractivity contribution in [2.75, 3.05) is 0 Å². The van der Waals surface area contributed by atoms with Gasteiger partial charge in [0.1, 0.15) is 0 Å². The maximum Gasteiger partial charge on any atom is 1.00 e. The molecule has 0 aliphatic rings. The first-order valence-electron chi connectivity index (χ1n) is 3.91. The van der Waals surface area contributed by atoms with Crippen molar-refractivity contribution in [3.05, 3.63) is 0 Å². The Morgan fingerprint density at radius 3 is 2.33 bits per heavy atom. The van der Waals surface area contributed by atoms with Crippen molar-refractivity contribution < 1.29 is 40.9 Å². The van der Waals surface area contributed by atoms with Crippen LogP contribution >= 0.6 is 0 Å². The van der Waals surface area contributed by atoms with E-state index in [4.69, 9.17) is 5.11 Å². The van der Waals surface area contributed by atoms with Crippen LogP contribution in [-0.4, -0.2) is 19.5 Å². The second-order valence-electron chi connectivity index (χ2n) is 2.74.